The minimum absolute atomic E-state index is 0.0491. The van der Waals surface area contributed by atoms with Gasteiger partial charge in [0.2, 0.25) is 10.0 Å². The maximum atomic E-state index is 12.3. The van der Waals surface area contributed by atoms with Crippen molar-refractivity contribution in [3.8, 4) is 0 Å². The third-order valence-corrected chi connectivity index (χ3v) is 5.38. The fourth-order valence-electron chi connectivity index (χ4n) is 2.46. The molecule has 0 saturated carbocycles. The van der Waals surface area contributed by atoms with Gasteiger partial charge in [-0.2, -0.15) is 0 Å². The number of hydrogen-bond donors (Lipinski definition) is 0. The van der Waals surface area contributed by atoms with Crippen LogP contribution >= 0.6 is 0 Å². The van der Waals surface area contributed by atoms with E-state index in [0.29, 0.717) is 5.69 Å². The molecule has 1 heterocycles. The van der Waals surface area contributed by atoms with E-state index in [1.165, 1.54) is 27.5 Å². The van der Waals surface area contributed by atoms with Crippen molar-refractivity contribution in [1.82, 2.24) is 8.96 Å². The lowest BCUT2D eigenvalue weighted by Gasteiger charge is -2.18. The predicted octanol–water partition coefficient (Wildman–Crippen LogP) is 3.02. The Hall–Kier alpha value is -1.88. The molecule has 0 amide bonds. The minimum Gasteiger partial charge on any atom is -0.244 e. The smallest absolute Gasteiger partial charge is 0.243 e. The van der Waals surface area contributed by atoms with E-state index in [0.717, 1.165) is 5.56 Å². The molecular formula is C16H20N2O2S. The van der Waals surface area contributed by atoms with Crippen LogP contribution in [0.15, 0.2) is 43.4 Å². The quantitative estimate of drug-likeness (QED) is 0.798. The molecule has 1 aromatic heterocycles. The summed E-state index contributed by atoms with van der Waals surface area (Å²) >= 11 is 0. The van der Waals surface area contributed by atoms with Crippen LogP contribution in [0.2, 0.25) is 0 Å². The molecular weight excluding hydrogens is 284 g/mol. The standard InChI is InChI=1S/C16H20N2O2S/c1-5-9-21(19,20)18-11-17-10-16(18)14(4)15-8-6-7-12(2)13(15)3/h5-8,10-11,14H,1,9H2,2-4H3. The van der Waals surface area contributed by atoms with E-state index in [-0.39, 0.29) is 11.7 Å². The summed E-state index contributed by atoms with van der Waals surface area (Å²) in [5.74, 6) is -0.150. The van der Waals surface area contributed by atoms with Gasteiger partial charge >= 0.3 is 0 Å². The summed E-state index contributed by atoms with van der Waals surface area (Å²) in [4.78, 5) is 4.02. The van der Waals surface area contributed by atoms with Gasteiger partial charge in [-0.05, 0) is 30.5 Å². The van der Waals surface area contributed by atoms with Gasteiger partial charge in [-0.25, -0.2) is 17.4 Å². The van der Waals surface area contributed by atoms with E-state index in [9.17, 15) is 8.42 Å². The van der Waals surface area contributed by atoms with Crippen molar-refractivity contribution in [3.05, 3.63) is 65.8 Å². The molecule has 0 fully saturated rings. The molecule has 1 atom stereocenters. The first-order valence-corrected chi connectivity index (χ1v) is 8.42. The van der Waals surface area contributed by atoms with Crippen LogP contribution in [0.3, 0.4) is 0 Å². The van der Waals surface area contributed by atoms with Crippen LogP contribution in [0, 0.1) is 13.8 Å². The molecule has 112 valence electrons. The van der Waals surface area contributed by atoms with E-state index in [4.69, 9.17) is 0 Å². The first kappa shape index (κ1) is 15.5. The lowest BCUT2D eigenvalue weighted by molar-refractivity contribution is 0.587. The molecule has 1 unspecified atom stereocenters. The molecule has 2 aromatic rings. The largest absolute Gasteiger partial charge is 0.244 e. The van der Waals surface area contributed by atoms with Crippen molar-refractivity contribution in [2.45, 2.75) is 26.7 Å². The third kappa shape index (κ3) is 2.93. The van der Waals surface area contributed by atoms with Crippen LogP contribution in [0.25, 0.3) is 0 Å². The van der Waals surface area contributed by atoms with Crippen molar-refractivity contribution in [1.29, 1.82) is 0 Å². The Morgan fingerprint density at radius 3 is 2.76 bits per heavy atom. The zero-order valence-electron chi connectivity index (χ0n) is 12.6. The van der Waals surface area contributed by atoms with Crippen molar-refractivity contribution in [3.63, 3.8) is 0 Å². The second-order valence-electron chi connectivity index (χ2n) is 5.19. The number of nitrogens with zero attached hydrogens (tertiary/aromatic N) is 2. The van der Waals surface area contributed by atoms with Gasteiger partial charge in [0.1, 0.15) is 6.33 Å². The summed E-state index contributed by atoms with van der Waals surface area (Å²) < 4.78 is 25.8. The van der Waals surface area contributed by atoms with E-state index in [1.54, 1.807) is 6.20 Å². The third-order valence-electron chi connectivity index (χ3n) is 3.82. The molecule has 0 radical (unpaired) electrons. The van der Waals surface area contributed by atoms with Gasteiger partial charge in [-0.15, -0.1) is 6.58 Å². The minimum atomic E-state index is -3.44. The molecule has 21 heavy (non-hydrogen) atoms. The van der Waals surface area contributed by atoms with Crippen LogP contribution in [0.4, 0.5) is 0 Å². The summed E-state index contributed by atoms with van der Waals surface area (Å²) in [6.45, 7) is 9.61. The summed E-state index contributed by atoms with van der Waals surface area (Å²) in [6.07, 6.45) is 4.37. The Morgan fingerprint density at radius 2 is 2.10 bits per heavy atom. The van der Waals surface area contributed by atoms with Crippen molar-refractivity contribution >= 4 is 10.0 Å². The highest BCUT2D eigenvalue weighted by Crippen LogP contribution is 2.28. The van der Waals surface area contributed by atoms with Crippen molar-refractivity contribution in [2.75, 3.05) is 5.75 Å². The Balaban J connectivity index is 2.51. The normalized spacial score (nSPS) is 13.1. The number of aromatic nitrogens is 2. The van der Waals surface area contributed by atoms with E-state index >= 15 is 0 Å². The van der Waals surface area contributed by atoms with E-state index in [1.807, 2.05) is 19.1 Å². The molecule has 0 bridgehead atoms. The Labute approximate surface area is 126 Å². The molecule has 0 aliphatic rings. The molecule has 0 N–H and O–H groups in total. The molecule has 0 aliphatic heterocycles. The van der Waals surface area contributed by atoms with Crippen LogP contribution in [-0.4, -0.2) is 23.1 Å². The van der Waals surface area contributed by atoms with Crippen LogP contribution in [-0.2, 0) is 10.0 Å². The molecule has 4 nitrogen and oxygen atoms in total. The number of imidazole rings is 1. The summed E-state index contributed by atoms with van der Waals surface area (Å²) in [6, 6.07) is 6.08. The zero-order valence-corrected chi connectivity index (χ0v) is 13.4. The summed E-state index contributed by atoms with van der Waals surface area (Å²) in [7, 11) is -3.44. The van der Waals surface area contributed by atoms with Gasteiger partial charge in [0, 0.05) is 12.1 Å². The highest BCUT2D eigenvalue weighted by atomic mass is 32.2. The Morgan fingerprint density at radius 1 is 1.38 bits per heavy atom. The van der Waals surface area contributed by atoms with Crippen LogP contribution in [0.5, 0.6) is 0 Å². The molecule has 0 spiro atoms. The zero-order chi connectivity index (χ0) is 15.6. The van der Waals surface area contributed by atoms with Gasteiger partial charge in [0.05, 0.1) is 11.4 Å². The van der Waals surface area contributed by atoms with Crippen molar-refractivity contribution in [2.24, 2.45) is 0 Å². The highest BCUT2D eigenvalue weighted by Gasteiger charge is 2.21. The number of aryl methyl sites for hydroxylation is 1. The molecule has 0 aliphatic carbocycles. The average molecular weight is 304 g/mol. The number of benzene rings is 1. The predicted molar refractivity (Wildman–Crippen MR) is 85.0 cm³/mol. The lowest BCUT2D eigenvalue weighted by atomic mass is 9.92. The fraction of sp³-hybridized carbons (Fsp3) is 0.312. The molecule has 2 rings (SSSR count). The second kappa shape index (κ2) is 5.85. The van der Waals surface area contributed by atoms with Gasteiger partial charge in [-0.1, -0.05) is 31.2 Å². The highest BCUT2D eigenvalue weighted by molar-refractivity contribution is 7.90. The lowest BCUT2D eigenvalue weighted by Crippen LogP contribution is -2.18. The summed E-state index contributed by atoms with van der Waals surface area (Å²) in [5, 5.41) is 0. The number of hydrogen-bond acceptors (Lipinski definition) is 3. The van der Waals surface area contributed by atoms with Gasteiger partial charge in [0.15, 0.2) is 0 Å². The maximum Gasteiger partial charge on any atom is 0.243 e. The van der Waals surface area contributed by atoms with E-state index < -0.39 is 10.0 Å². The monoisotopic (exact) mass is 304 g/mol. The molecule has 1 aromatic carbocycles. The Bertz CT molecular complexity index is 760. The Kier molecular flexibility index (Phi) is 4.32. The van der Waals surface area contributed by atoms with Crippen LogP contribution in [0.1, 0.15) is 35.2 Å². The molecule has 0 saturated heterocycles. The first-order valence-electron chi connectivity index (χ1n) is 6.81. The summed E-state index contributed by atoms with van der Waals surface area (Å²) in [5.41, 5.74) is 4.16. The number of rotatable bonds is 5. The average Bonchev–Trinajstić information content (AvgIpc) is 2.91. The van der Waals surface area contributed by atoms with Crippen LogP contribution < -0.4 is 0 Å². The fourth-order valence-corrected chi connectivity index (χ4v) is 3.64. The molecule has 5 heteroatoms. The van der Waals surface area contributed by atoms with E-state index in [2.05, 4.69) is 31.5 Å². The van der Waals surface area contributed by atoms with Gasteiger partial charge < -0.3 is 0 Å². The van der Waals surface area contributed by atoms with Gasteiger partial charge in [-0.3, -0.25) is 0 Å². The first-order chi connectivity index (χ1) is 9.88. The SMILES string of the molecule is C=CCS(=O)(=O)n1cncc1C(C)c1cccc(C)c1C. The maximum absolute atomic E-state index is 12.3. The van der Waals surface area contributed by atoms with Gasteiger partial charge in [0.25, 0.3) is 0 Å². The topological polar surface area (TPSA) is 52.0 Å². The second-order valence-corrected chi connectivity index (χ2v) is 7.08. The van der Waals surface area contributed by atoms with Crippen molar-refractivity contribution < 1.29 is 8.42 Å².